The molecule has 1 atom stereocenters. The van der Waals surface area contributed by atoms with Crippen molar-refractivity contribution < 1.29 is 14.7 Å². The second-order valence-electron chi connectivity index (χ2n) is 4.54. The Morgan fingerprint density at radius 1 is 1.16 bits per heavy atom. The minimum absolute atomic E-state index is 0.475. The van der Waals surface area contributed by atoms with Crippen molar-refractivity contribution in [1.29, 1.82) is 0 Å². The maximum absolute atomic E-state index is 11.8. The van der Waals surface area contributed by atoms with E-state index in [-0.39, 0.29) is 0 Å². The zero-order valence-electron chi connectivity index (χ0n) is 11.5. The predicted octanol–water partition coefficient (Wildman–Crippen LogP) is 1.84. The van der Waals surface area contributed by atoms with Crippen LogP contribution < -0.4 is 0 Å². The fourth-order valence-electron chi connectivity index (χ4n) is 2.11. The maximum atomic E-state index is 11.8. The summed E-state index contributed by atoms with van der Waals surface area (Å²) in [6.07, 6.45) is 0.475. The summed E-state index contributed by atoms with van der Waals surface area (Å²) in [5, 5.41) is 8.92. The first-order chi connectivity index (χ1) is 9.08. The lowest BCUT2D eigenvalue weighted by Gasteiger charge is -2.23. The van der Waals surface area contributed by atoms with E-state index in [4.69, 9.17) is 5.11 Å². The summed E-state index contributed by atoms with van der Waals surface area (Å²) in [5.74, 6) is -2.52. The Kier molecular flexibility index (Phi) is 6.22. The number of Topliss-reactive ketones (excluding diaryl/α,β-unsaturated/α-hetero) is 1. The number of nitrogens with zero attached hydrogens (tertiary/aromatic N) is 1. The first-order valence-electron chi connectivity index (χ1n) is 6.61. The molecule has 1 rings (SSSR count). The molecule has 19 heavy (non-hydrogen) atoms. The number of carbonyl (C=O) groups is 2. The lowest BCUT2D eigenvalue weighted by molar-refractivity contribution is -0.151. The molecule has 4 heteroatoms. The SMILES string of the molecule is CCN(CC)CC(Cc1ccccc1)C(=O)C(=O)O. The van der Waals surface area contributed by atoms with Gasteiger partial charge in [0.2, 0.25) is 5.78 Å². The van der Waals surface area contributed by atoms with E-state index >= 15 is 0 Å². The molecule has 0 aliphatic carbocycles. The molecule has 0 aliphatic heterocycles. The van der Waals surface area contributed by atoms with Crippen LogP contribution in [0.2, 0.25) is 0 Å². The van der Waals surface area contributed by atoms with Crippen LogP contribution in [0.3, 0.4) is 0 Å². The summed E-state index contributed by atoms with van der Waals surface area (Å²) in [6.45, 7) is 6.14. The molecule has 0 saturated carbocycles. The molecule has 0 heterocycles. The molecule has 0 aliphatic rings. The van der Waals surface area contributed by atoms with Crippen molar-refractivity contribution in [2.75, 3.05) is 19.6 Å². The molecule has 0 spiro atoms. The summed E-state index contributed by atoms with van der Waals surface area (Å²) < 4.78 is 0. The number of carboxylic acid groups (broad SMARTS) is 1. The van der Waals surface area contributed by atoms with Gasteiger partial charge in [-0.2, -0.15) is 0 Å². The molecule has 0 radical (unpaired) electrons. The number of carboxylic acids is 1. The van der Waals surface area contributed by atoms with Crippen molar-refractivity contribution in [2.45, 2.75) is 20.3 Å². The van der Waals surface area contributed by atoms with Gasteiger partial charge in [0.25, 0.3) is 0 Å². The van der Waals surface area contributed by atoms with Crippen molar-refractivity contribution in [3.05, 3.63) is 35.9 Å². The van der Waals surface area contributed by atoms with Crippen molar-refractivity contribution in [2.24, 2.45) is 5.92 Å². The molecule has 0 saturated heterocycles. The van der Waals surface area contributed by atoms with Crippen LogP contribution in [0.25, 0.3) is 0 Å². The van der Waals surface area contributed by atoms with Crippen LogP contribution >= 0.6 is 0 Å². The zero-order chi connectivity index (χ0) is 14.3. The highest BCUT2D eigenvalue weighted by Gasteiger charge is 2.26. The average molecular weight is 263 g/mol. The standard InChI is InChI=1S/C15H21NO3/c1-3-16(4-2)11-13(14(17)15(18)19)10-12-8-6-5-7-9-12/h5-9,13H,3-4,10-11H2,1-2H3,(H,18,19). The second kappa shape index (κ2) is 7.69. The van der Waals surface area contributed by atoms with Gasteiger partial charge in [0.1, 0.15) is 0 Å². The molecule has 1 aromatic rings. The summed E-state index contributed by atoms with van der Waals surface area (Å²) in [4.78, 5) is 24.8. The van der Waals surface area contributed by atoms with E-state index in [0.29, 0.717) is 13.0 Å². The van der Waals surface area contributed by atoms with E-state index in [1.807, 2.05) is 44.2 Å². The van der Waals surface area contributed by atoms with Gasteiger partial charge in [-0.3, -0.25) is 4.79 Å². The van der Waals surface area contributed by atoms with Crippen molar-refractivity contribution in [3.8, 4) is 0 Å². The van der Waals surface area contributed by atoms with E-state index in [1.165, 1.54) is 0 Å². The zero-order valence-corrected chi connectivity index (χ0v) is 11.5. The topological polar surface area (TPSA) is 57.6 Å². The smallest absolute Gasteiger partial charge is 0.372 e. The molecule has 0 amide bonds. The predicted molar refractivity (Wildman–Crippen MR) is 74.1 cm³/mol. The number of hydrogen-bond acceptors (Lipinski definition) is 3. The first kappa shape index (κ1) is 15.4. The fourth-order valence-corrected chi connectivity index (χ4v) is 2.11. The molecule has 1 N–H and O–H groups in total. The summed E-state index contributed by atoms with van der Waals surface area (Å²) in [7, 11) is 0. The lowest BCUT2D eigenvalue weighted by atomic mass is 9.94. The van der Waals surface area contributed by atoms with Gasteiger partial charge < -0.3 is 10.0 Å². The van der Waals surface area contributed by atoms with Crippen LogP contribution in [0.1, 0.15) is 19.4 Å². The minimum atomic E-state index is -1.34. The molecule has 0 aromatic heterocycles. The maximum Gasteiger partial charge on any atom is 0.372 e. The second-order valence-corrected chi connectivity index (χ2v) is 4.54. The Morgan fingerprint density at radius 2 is 1.74 bits per heavy atom. The summed E-state index contributed by atoms with van der Waals surface area (Å²) in [6, 6.07) is 9.54. The Balaban J connectivity index is 2.80. The van der Waals surface area contributed by atoms with Crippen LogP contribution in [0.15, 0.2) is 30.3 Å². The van der Waals surface area contributed by atoms with Gasteiger partial charge >= 0.3 is 5.97 Å². The Bertz CT molecular complexity index is 413. The molecular formula is C15H21NO3. The van der Waals surface area contributed by atoms with Gasteiger partial charge in [-0.05, 0) is 25.1 Å². The highest BCUT2D eigenvalue weighted by Crippen LogP contribution is 2.12. The molecule has 0 bridgehead atoms. The number of rotatable bonds is 8. The molecular weight excluding hydrogens is 242 g/mol. The highest BCUT2D eigenvalue weighted by atomic mass is 16.4. The van der Waals surface area contributed by atoms with Crippen LogP contribution in [-0.2, 0) is 16.0 Å². The van der Waals surface area contributed by atoms with E-state index in [9.17, 15) is 9.59 Å². The number of carbonyl (C=O) groups excluding carboxylic acids is 1. The van der Waals surface area contributed by atoms with Crippen molar-refractivity contribution in [3.63, 3.8) is 0 Å². The number of benzene rings is 1. The van der Waals surface area contributed by atoms with Crippen LogP contribution in [0, 0.1) is 5.92 Å². The normalized spacial score (nSPS) is 12.4. The molecule has 1 aromatic carbocycles. The third kappa shape index (κ3) is 4.83. The monoisotopic (exact) mass is 263 g/mol. The number of aliphatic carboxylic acids is 1. The minimum Gasteiger partial charge on any atom is -0.475 e. The lowest BCUT2D eigenvalue weighted by Crippen LogP contribution is -2.37. The van der Waals surface area contributed by atoms with E-state index in [0.717, 1.165) is 18.7 Å². The molecule has 104 valence electrons. The van der Waals surface area contributed by atoms with Gasteiger partial charge in [-0.15, -0.1) is 0 Å². The fraction of sp³-hybridized carbons (Fsp3) is 0.467. The van der Waals surface area contributed by atoms with Crippen LogP contribution in [-0.4, -0.2) is 41.4 Å². The number of ketones is 1. The van der Waals surface area contributed by atoms with Gasteiger partial charge in [-0.1, -0.05) is 44.2 Å². The quantitative estimate of drug-likeness (QED) is 0.727. The Hall–Kier alpha value is -1.68. The Labute approximate surface area is 114 Å². The third-order valence-electron chi connectivity index (χ3n) is 3.28. The number of hydrogen-bond donors (Lipinski definition) is 1. The largest absolute Gasteiger partial charge is 0.475 e. The molecule has 0 fully saturated rings. The average Bonchev–Trinajstić information content (AvgIpc) is 2.43. The summed E-state index contributed by atoms with van der Waals surface area (Å²) in [5.41, 5.74) is 0.995. The van der Waals surface area contributed by atoms with Crippen LogP contribution in [0.5, 0.6) is 0 Å². The van der Waals surface area contributed by atoms with Crippen molar-refractivity contribution in [1.82, 2.24) is 4.90 Å². The molecule has 1 unspecified atom stereocenters. The molecule has 4 nitrogen and oxygen atoms in total. The van der Waals surface area contributed by atoms with Crippen molar-refractivity contribution >= 4 is 11.8 Å². The van der Waals surface area contributed by atoms with Gasteiger partial charge in [-0.25, -0.2) is 4.79 Å². The Morgan fingerprint density at radius 3 is 2.21 bits per heavy atom. The van der Waals surface area contributed by atoms with Crippen LogP contribution in [0.4, 0.5) is 0 Å². The van der Waals surface area contributed by atoms with Gasteiger partial charge in [0, 0.05) is 12.5 Å². The highest BCUT2D eigenvalue weighted by molar-refractivity contribution is 6.33. The van der Waals surface area contributed by atoms with Gasteiger partial charge in [0.05, 0.1) is 0 Å². The summed E-state index contributed by atoms with van der Waals surface area (Å²) >= 11 is 0. The third-order valence-corrected chi connectivity index (χ3v) is 3.28. The van der Waals surface area contributed by atoms with E-state index in [1.54, 1.807) is 0 Å². The van der Waals surface area contributed by atoms with E-state index in [2.05, 4.69) is 4.90 Å². The van der Waals surface area contributed by atoms with Gasteiger partial charge in [0.15, 0.2) is 0 Å². The first-order valence-corrected chi connectivity index (χ1v) is 6.61. The van der Waals surface area contributed by atoms with E-state index < -0.39 is 17.7 Å².